The highest BCUT2D eigenvalue weighted by atomic mass is 32.2. The molecule has 2 heterocycles. The first-order valence-corrected chi connectivity index (χ1v) is 10.5. The van der Waals surface area contributed by atoms with Gasteiger partial charge in [-0.15, -0.1) is 0 Å². The lowest BCUT2D eigenvalue weighted by molar-refractivity contribution is 0.181. The first-order valence-electron chi connectivity index (χ1n) is 8.59. The van der Waals surface area contributed by atoms with Crippen LogP contribution in [0.3, 0.4) is 0 Å². The van der Waals surface area contributed by atoms with E-state index in [-0.39, 0.29) is 11.8 Å². The number of hydrogen-bond donors (Lipinski definition) is 2. The number of hydrogen-bond acceptors (Lipinski definition) is 6. The van der Waals surface area contributed by atoms with Crippen LogP contribution in [0.1, 0.15) is 26.0 Å². The van der Waals surface area contributed by atoms with Crippen LogP contribution >= 0.6 is 0 Å². The Hall–Kier alpha value is -2.68. The van der Waals surface area contributed by atoms with E-state index in [1.54, 1.807) is 43.0 Å². The van der Waals surface area contributed by atoms with E-state index in [1.807, 2.05) is 0 Å². The summed E-state index contributed by atoms with van der Waals surface area (Å²) >= 11 is 0. The number of nitrogens with one attached hydrogen (secondary N) is 1. The normalized spacial score (nSPS) is 14.6. The predicted octanol–water partition coefficient (Wildman–Crippen LogP) is 2.24. The molecule has 9 heteroatoms. The topological polar surface area (TPSA) is 118 Å². The van der Waals surface area contributed by atoms with Crippen molar-refractivity contribution in [2.24, 2.45) is 0 Å². The van der Waals surface area contributed by atoms with Crippen LogP contribution in [0.4, 0.5) is 16.3 Å². The molecule has 1 aliphatic heterocycles. The Morgan fingerprint density at radius 1 is 1.19 bits per heavy atom. The summed E-state index contributed by atoms with van der Waals surface area (Å²) in [6.45, 7) is 4.73. The van der Waals surface area contributed by atoms with Gasteiger partial charge in [0.25, 0.3) is 0 Å². The molecule has 0 spiro atoms. The van der Waals surface area contributed by atoms with Crippen molar-refractivity contribution in [1.82, 2.24) is 14.9 Å². The summed E-state index contributed by atoms with van der Waals surface area (Å²) < 4.78 is 23.0. The molecule has 1 aromatic carbocycles. The van der Waals surface area contributed by atoms with Crippen LogP contribution in [0.5, 0.6) is 0 Å². The number of carbonyl (C=O) groups is 1. The number of nitrogen functional groups attached to an aromatic ring is 1. The summed E-state index contributed by atoms with van der Waals surface area (Å²) in [7, 11) is -3.39. The minimum absolute atomic E-state index is 0.119. The molecule has 1 aliphatic rings. The Balaban J connectivity index is 1.87. The lowest BCUT2D eigenvalue weighted by Crippen LogP contribution is -2.44. The quantitative estimate of drug-likeness (QED) is 0.828. The molecule has 2 amide bonds. The summed E-state index contributed by atoms with van der Waals surface area (Å²) in [6, 6.07) is 8.38. The maximum absolute atomic E-state index is 12.1. The van der Waals surface area contributed by atoms with Crippen molar-refractivity contribution in [2.45, 2.75) is 25.0 Å². The summed E-state index contributed by atoms with van der Waals surface area (Å²) in [5.74, 6) is 0.532. The predicted molar refractivity (Wildman–Crippen MR) is 105 cm³/mol. The standard InChI is InChI=1S/C18H23N5O3S/c1-18(2,27(3,25)26)14-11-15(19)22-16(21-14)12-5-7-13(8-6-12)20-17(24)23-9-4-10-23/h5-8,11H,4,9-10H2,1-3H3,(H,20,24)(H2,19,21,22). The number of sulfone groups is 1. The number of aromatic nitrogens is 2. The molecule has 0 aliphatic carbocycles. The summed E-state index contributed by atoms with van der Waals surface area (Å²) in [4.78, 5) is 22.3. The minimum Gasteiger partial charge on any atom is -0.384 e. The van der Waals surface area contributed by atoms with Gasteiger partial charge in [0.2, 0.25) is 0 Å². The van der Waals surface area contributed by atoms with Crippen LogP contribution in [0.2, 0.25) is 0 Å². The van der Waals surface area contributed by atoms with Gasteiger partial charge in [0, 0.05) is 36.7 Å². The van der Waals surface area contributed by atoms with E-state index in [4.69, 9.17) is 5.73 Å². The van der Waals surface area contributed by atoms with Gasteiger partial charge in [-0.1, -0.05) is 0 Å². The van der Waals surface area contributed by atoms with E-state index in [0.717, 1.165) is 19.5 Å². The SMILES string of the molecule is CC(C)(c1cc(N)nc(-c2ccc(NC(=O)N3CCC3)cc2)n1)S(C)(=O)=O. The van der Waals surface area contributed by atoms with E-state index < -0.39 is 14.6 Å². The van der Waals surface area contributed by atoms with Crippen LogP contribution in [0, 0.1) is 0 Å². The van der Waals surface area contributed by atoms with E-state index in [2.05, 4.69) is 15.3 Å². The fourth-order valence-corrected chi connectivity index (χ4v) is 3.00. The summed E-state index contributed by atoms with van der Waals surface area (Å²) in [5, 5.41) is 2.83. The number of urea groups is 1. The fourth-order valence-electron chi connectivity index (χ4n) is 2.52. The first kappa shape index (κ1) is 19.1. The number of carbonyl (C=O) groups excluding carboxylic acids is 1. The van der Waals surface area contributed by atoms with Crippen LogP contribution in [0.15, 0.2) is 30.3 Å². The lowest BCUT2D eigenvalue weighted by Gasteiger charge is -2.30. The minimum atomic E-state index is -3.39. The fraction of sp³-hybridized carbons (Fsp3) is 0.389. The molecule has 0 unspecified atom stereocenters. The van der Waals surface area contributed by atoms with Crippen molar-refractivity contribution < 1.29 is 13.2 Å². The number of rotatable bonds is 4. The zero-order valence-electron chi connectivity index (χ0n) is 15.6. The molecular weight excluding hydrogens is 366 g/mol. The van der Waals surface area contributed by atoms with Gasteiger partial charge in [0.05, 0.1) is 5.69 Å². The third-order valence-corrected chi connectivity index (χ3v) is 6.89. The maximum Gasteiger partial charge on any atom is 0.321 e. The van der Waals surface area contributed by atoms with Crippen LogP contribution in [0.25, 0.3) is 11.4 Å². The molecule has 0 radical (unpaired) electrons. The van der Waals surface area contributed by atoms with Crippen LogP contribution < -0.4 is 11.1 Å². The average Bonchev–Trinajstić information content (AvgIpc) is 2.52. The van der Waals surface area contributed by atoms with Crippen molar-refractivity contribution in [2.75, 3.05) is 30.4 Å². The zero-order chi connectivity index (χ0) is 19.8. The molecule has 3 N–H and O–H groups in total. The third-order valence-electron chi connectivity index (χ3n) is 4.83. The van der Waals surface area contributed by atoms with E-state index in [1.165, 1.54) is 12.3 Å². The Morgan fingerprint density at radius 3 is 2.33 bits per heavy atom. The van der Waals surface area contributed by atoms with Gasteiger partial charge in [-0.25, -0.2) is 23.2 Å². The summed E-state index contributed by atoms with van der Waals surface area (Å²) in [6.07, 6.45) is 2.20. The number of likely N-dealkylation sites (tertiary alicyclic amines) is 1. The first-order chi connectivity index (χ1) is 12.6. The van der Waals surface area contributed by atoms with Gasteiger partial charge in [0.15, 0.2) is 15.7 Å². The Morgan fingerprint density at radius 2 is 1.81 bits per heavy atom. The molecular formula is C18H23N5O3S. The number of benzene rings is 1. The number of anilines is 2. The monoisotopic (exact) mass is 389 g/mol. The molecule has 8 nitrogen and oxygen atoms in total. The van der Waals surface area contributed by atoms with E-state index >= 15 is 0 Å². The van der Waals surface area contributed by atoms with Crippen LogP contribution in [-0.2, 0) is 14.6 Å². The largest absolute Gasteiger partial charge is 0.384 e. The molecule has 2 aromatic rings. The number of nitrogens with zero attached hydrogens (tertiary/aromatic N) is 3. The Labute approximate surface area is 158 Å². The van der Waals surface area contributed by atoms with E-state index in [0.29, 0.717) is 22.8 Å². The Bertz CT molecular complexity index is 967. The second-order valence-corrected chi connectivity index (χ2v) is 9.70. The van der Waals surface area contributed by atoms with Gasteiger partial charge in [-0.2, -0.15) is 0 Å². The molecule has 1 saturated heterocycles. The van der Waals surface area contributed by atoms with Crippen molar-refractivity contribution in [3.05, 3.63) is 36.0 Å². The van der Waals surface area contributed by atoms with Crippen molar-refractivity contribution in [3.63, 3.8) is 0 Å². The molecule has 144 valence electrons. The van der Waals surface area contributed by atoms with Gasteiger partial charge in [-0.3, -0.25) is 0 Å². The third kappa shape index (κ3) is 3.87. The molecule has 0 atom stereocenters. The molecule has 27 heavy (non-hydrogen) atoms. The van der Waals surface area contributed by atoms with Crippen molar-refractivity contribution >= 4 is 27.4 Å². The molecule has 1 fully saturated rings. The van der Waals surface area contributed by atoms with Gasteiger partial charge >= 0.3 is 6.03 Å². The van der Waals surface area contributed by atoms with Gasteiger partial charge < -0.3 is 16.0 Å². The lowest BCUT2D eigenvalue weighted by atomic mass is 10.1. The second kappa shape index (κ2) is 6.80. The highest BCUT2D eigenvalue weighted by Gasteiger charge is 2.34. The molecule has 0 saturated carbocycles. The molecule has 3 rings (SSSR count). The zero-order valence-corrected chi connectivity index (χ0v) is 16.4. The highest BCUT2D eigenvalue weighted by molar-refractivity contribution is 7.91. The smallest absolute Gasteiger partial charge is 0.321 e. The highest BCUT2D eigenvalue weighted by Crippen LogP contribution is 2.30. The van der Waals surface area contributed by atoms with Gasteiger partial charge in [-0.05, 0) is 44.5 Å². The van der Waals surface area contributed by atoms with Crippen molar-refractivity contribution in [3.8, 4) is 11.4 Å². The summed E-state index contributed by atoms with van der Waals surface area (Å²) in [5.41, 5.74) is 7.55. The number of nitrogens with two attached hydrogens (primary N) is 1. The number of amides is 2. The Kier molecular flexibility index (Phi) is 4.81. The second-order valence-electron chi connectivity index (χ2n) is 7.13. The van der Waals surface area contributed by atoms with Crippen LogP contribution in [-0.4, -0.2) is 48.7 Å². The van der Waals surface area contributed by atoms with E-state index in [9.17, 15) is 13.2 Å². The van der Waals surface area contributed by atoms with Crippen molar-refractivity contribution in [1.29, 1.82) is 0 Å². The maximum atomic E-state index is 12.1. The molecule has 0 bridgehead atoms. The average molecular weight is 389 g/mol. The van der Waals surface area contributed by atoms with Gasteiger partial charge in [0.1, 0.15) is 10.6 Å². The molecule has 1 aromatic heterocycles.